The minimum Gasteiger partial charge on any atom is -0.316 e. The fourth-order valence-corrected chi connectivity index (χ4v) is 1.09. The Morgan fingerprint density at radius 1 is 1.27 bits per heavy atom. The molecule has 1 nitrogen and oxygen atoms in total. The molecule has 0 aliphatic carbocycles. The predicted molar refractivity (Wildman–Crippen MR) is 51.6 cm³/mol. The Bertz CT molecular complexity index is 340. The smallest absolute Gasteiger partial charge is 0.316 e. The first kappa shape index (κ1) is 14.5. The highest BCUT2D eigenvalue weighted by atomic mass is 35.5. The Morgan fingerprint density at radius 3 is 2.20 bits per heavy atom. The van der Waals surface area contributed by atoms with Crippen LogP contribution in [0.5, 0.6) is 0 Å². The molecule has 0 amide bonds. The van der Waals surface area contributed by atoms with E-state index in [1.165, 1.54) is 0 Å². The molecule has 0 saturated carbocycles. The Labute approximate surface area is 94.6 Å². The van der Waals surface area contributed by atoms with Crippen molar-refractivity contribution in [2.24, 2.45) is 5.73 Å². The van der Waals surface area contributed by atoms with Gasteiger partial charge < -0.3 is 5.73 Å². The fourth-order valence-electron chi connectivity index (χ4n) is 0.930. The summed E-state index contributed by atoms with van der Waals surface area (Å²) in [6.45, 7) is 0. The van der Waals surface area contributed by atoms with Crippen molar-refractivity contribution in [1.82, 2.24) is 0 Å². The van der Waals surface area contributed by atoms with Crippen molar-refractivity contribution < 1.29 is 17.6 Å². The van der Waals surface area contributed by atoms with Gasteiger partial charge >= 0.3 is 6.18 Å². The lowest BCUT2D eigenvalue weighted by atomic mass is 10.1. The quantitative estimate of drug-likeness (QED) is 0.772. The van der Waals surface area contributed by atoms with Crippen LogP contribution in [0.1, 0.15) is 11.6 Å². The summed E-state index contributed by atoms with van der Waals surface area (Å²) < 4.78 is 49.2. The molecule has 0 fully saturated rings. The zero-order valence-corrected chi connectivity index (χ0v) is 8.76. The van der Waals surface area contributed by atoms with Crippen LogP contribution in [0.3, 0.4) is 0 Å². The zero-order valence-electron chi connectivity index (χ0n) is 7.18. The molecule has 0 saturated heterocycles. The third-order valence-corrected chi connectivity index (χ3v) is 1.89. The third-order valence-electron chi connectivity index (χ3n) is 1.65. The van der Waals surface area contributed by atoms with Crippen LogP contribution in [0.25, 0.3) is 0 Å². The lowest BCUT2D eigenvalue weighted by Crippen LogP contribution is -2.29. The van der Waals surface area contributed by atoms with Crippen LogP contribution < -0.4 is 5.73 Å². The van der Waals surface area contributed by atoms with Crippen LogP contribution >= 0.6 is 24.0 Å². The van der Waals surface area contributed by atoms with Crippen molar-refractivity contribution in [3.8, 4) is 0 Å². The zero-order chi connectivity index (χ0) is 10.9. The maximum Gasteiger partial charge on any atom is 0.407 e. The van der Waals surface area contributed by atoms with Gasteiger partial charge in [-0.3, -0.25) is 0 Å². The van der Waals surface area contributed by atoms with Crippen molar-refractivity contribution in [1.29, 1.82) is 0 Å². The van der Waals surface area contributed by atoms with E-state index in [4.69, 9.17) is 17.3 Å². The molecule has 86 valence electrons. The monoisotopic (exact) mass is 263 g/mol. The average molecular weight is 264 g/mol. The molecular formula is C8H7Cl2F4N. The first-order chi connectivity index (χ1) is 6.32. The van der Waals surface area contributed by atoms with E-state index in [1.807, 2.05) is 0 Å². The van der Waals surface area contributed by atoms with E-state index in [0.717, 1.165) is 18.2 Å². The number of rotatable bonds is 1. The highest BCUT2D eigenvalue weighted by molar-refractivity contribution is 6.30. The molecule has 7 heteroatoms. The van der Waals surface area contributed by atoms with E-state index in [1.54, 1.807) is 0 Å². The molecule has 0 aliphatic rings. The second-order valence-corrected chi connectivity index (χ2v) is 3.12. The van der Waals surface area contributed by atoms with Gasteiger partial charge in [0.15, 0.2) is 0 Å². The van der Waals surface area contributed by atoms with Crippen LogP contribution in [0.2, 0.25) is 5.02 Å². The largest absolute Gasteiger partial charge is 0.407 e. The normalized spacial score (nSPS) is 13.2. The van der Waals surface area contributed by atoms with Crippen molar-refractivity contribution in [3.05, 3.63) is 34.6 Å². The van der Waals surface area contributed by atoms with Gasteiger partial charge in [0, 0.05) is 10.6 Å². The van der Waals surface area contributed by atoms with Gasteiger partial charge in [0.2, 0.25) is 0 Å². The number of nitrogens with two attached hydrogens (primary N) is 1. The van der Waals surface area contributed by atoms with Gasteiger partial charge in [-0.05, 0) is 12.1 Å². The summed E-state index contributed by atoms with van der Waals surface area (Å²) in [6.07, 6.45) is -4.66. The summed E-state index contributed by atoms with van der Waals surface area (Å²) in [4.78, 5) is 0. The van der Waals surface area contributed by atoms with Crippen molar-refractivity contribution in [2.45, 2.75) is 12.2 Å². The van der Waals surface area contributed by atoms with Gasteiger partial charge in [-0.15, -0.1) is 12.4 Å². The number of benzene rings is 1. The van der Waals surface area contributed by atoms with Crippen molar-refractivity contribution in [2.75, 3.05) is 0 Å². The van der Waals surface area contributed by atoms with E-state index in [-0.39, 0.29) is 17.4 Å². The van der Waals surface area contributed by atoms with Crippen LogP contribution in [0.4, 0.5) is 17.6 Å². The minimum atomic E-state index is -4.66. The van der Waals surface area contributed by atoms with E-state index in [0.29, 0.717) is 0 Å². The molecule has 0 unspecified atom stereocenters. The summed E-state index contributed by atoms with van der Waals surface area (Å²) in [5.74, 6) is -1.05. The summed E-state index contributed by atoms with van der Waals surface area (Å²) in [6, 6.07) is 0.559. The van der Waals surface area contributed by atoms with Gasteiger partial charge in [-0.25, -0.2) is 4.39 Å². The molecule has 1 atom stereocenters. The topological polar surface area (TPSA) is 26.0 Å². The summed E-state index contributed by atoms with van der Waals surface area (Å²) in [5, 5.41) is 0.0284. The first-order valence-electron chi connectivity index (χ1n) is 3.59. The molecular weight excluding hydrogens is 257 g/mol. The van der Waals surface area contributed by atoms with Crippen molar-refractivity contribution in [3.63, 3.8) is 0 Å². The summed E-state index contributed by atoms with van der Waals surface area (Å²) in [7, 11) is 0. The van der Waals surface area contributed by atoms with E-state index >= 15 is 0 Å². The molecule has 0 aromatic heterocycles. The number of hydrogen-bond donors (Lipinski definition) is 1. The Morgan fingerprint density at radius 2 is 1.80 bits per heavy atom. The molecule has 0 radical (unpaired) electrons. The van der Waals surface area contributed by atoms with E-state index in [9.17, 15) is 17.6 Å². The van der Waals surface area contributed by atoms with Gasteiger partial charge in [0.1, 0.15) is 11.9 Å². The predicted octanol–water partition coefficient (Wildman–Crippen LogP) is 3.46. The number of halogens is 6. The standard InChI is InChI=1S/C8H6ClF4N.ClH/c9-4-1-2-5(6(10)3-4)7(14)8(11,12)13;/h1-3,7H,14H2;1H/t7-;/m0./s1. The summed E-state index contributed by atoms with van der Waals surface area (Å²) >= 11 is 5.37. The molecule has 1 aromatic carbocycles. The molecule has 1 rings (SSSR count). The Hall–Kier alpha value is -0.520. The lowest BCUT2D eigenvalue weighted by Gasteiger charge is -2.16. The lowest BCUT2D eigenvalue weighted by molar-refractivity contribution is -0.149. The van der Waals surface area contributed by atoms with E-state index in [2.05, 4.69) is 0 Å². The Balaban J connectivity index is 0.00000196. The SMILES string of the molecule is Cl.N[C@@H](c1ccc(Cl)cc1F)C(F)(F)F. The summed E-state index contributed by atoms with van der Waals surface area (Å²) in [5.41, 5.74) is 4.21. The second-order valence-electron chi connectivity index (χ2n) is 2.69. The highest BCUT2D eigenvalue weighted by Gasteiger charge is 2.39. The second kappa shape index (κ2) is 5.01. The Kier molecular flexibility index (Phi) is 4.83. The van der Waals surface area contributed by atoms with Crippen LogP contribution in [0, 0.1) is 5.82 Å². The van der Waals surface area contributed by atoms with Gasteiger partial charge in [0.25, 0.3) is 0 Å². The first-order valence-corrected chi connectivity index (χ1v) is 3.97. The highest BCUT2D eigenvalue weighted by Crippen LogP contribution is 2.32. The molecule has 0 bridgehead atoms. The number of hydrogen-bond acceptors (Lipinski definition) is 1. The van der Waals surface area contributed by atoms with Gasteiger partial charge in [-0.2, -0.15) is 13.2 Å². The minimum absolute atomic E-state index is 0. The molecule has 15 heavy (non-hydrogen) atoms. The molecule has 0 heterocycles. The maximum absolute atomic E-state index is 13.0. The van der Waals surface area contributed by atoms with Crippen molar-refractivity contribution >= 4 is 24.0 Å². The molecule has 0 spiro atoms. The average Bonchev–Trinajstić information content (AvgIpc) is 2.01. The van der Waals surface area contributed by atoms with Crippen LogP contribution in [-0.2, 0) is 0 Å². The van der Waals surface area contributed by atoms with Crippen LogP contribution in [-0.4, -0.2) is 6.18 Å². The molecule has 0 aliphatic heterocycles. The maximum atomic E-state index is 13.0. The third kappa shape index (κ3) is 3.52. The van der Waals surface area contributed by atoms with Crippen LogP contribution in [0.15, 0.2) is 18.2 Å². The molecule has 1 aromatic rings. The molecule has 2 N–H and O–H groups in total. The van der Waals surface area contributed by atoms with Gasteiger partial charge in [-0.1, -0.05) is 17.7 Å². The van der Waals surface area contributed by atoms with Gasteiger partial charge in [0.05, 0.1) is 0 Å². The number of alkyl halides is 3. The fraction of sp³-hybridized carbons (Fsp3) is 0.250. The van der Waals surface area contributed by atoms with E-state index < -0.39 is 23.6 Å².